The van der Waals surface area contributed by atoms with E-state index in [2.05, 4.69) is 46.3 Å². The third-order valence-electron chi connectivity index (χ3n) is 5.43. The second kappa shape index (κ2) is 7.08. The van der Waals surface area contributed by atoms with Crippen LogP contribution in [0.5, 0.6) is 0 Å². The van der Waals surface area contributed by atoms with Gasteiger partial charge in [-0.25, -0.2) is 4.79 Å². The fourth-order valence-corrected chi connectivity index (χ4v) is 4.11. The summed E-state index contributed by atoms with van der Waals surface area (Å²) in [6, 6.07) is 12.4. The number of anilines is 1. The zero-order chi connectivity index (χ0) is 19.9. The maximum atomic E-state index is 12.3. The Bertz CT molecular complexity index is 846. The molecule has 0 saturated carbocycles. The fourth-order valence-electron chi connectivity index (χ4n) is 4.11. The third-order valence-corrected chi connectivity index (χ3v) is 5.43. The second-order valence-corrected chi connectivity index (χ2v) is 8.96. The van der Waals surface area contributed by atoms with Crippen molar-refractivity contribution >= 4 is 11.9 Å². The van der Waals surface area contributed by atoms with Crippen molar-refractivity contribution in [2.75, 3.05) is 31.1 Å². The molecule has 0 radical (unpaired) electrons. The van der Waals surface area contributed by atoms with Crippen molar-refractivity contribution < 1.29 is 9.53 Å². The highest BCUT2D eigenvalue weighted by atomic mass is 16.6. The van der Waals surface area contributed by atoms with Crippen molar-refractivity contribution in [3.05, 3.63) is 42.0 Å². The summed E-state index contributed by atoms with van der Waals surface area (Å²) in [6.45, 7) is 11.1. The Morgan fingerprint density at radius 3 is 2.32 bits per heavy atom. The maximum absolute atomic E-state index is 12.3. The average molecular weight is 380 g/mol. The number of carbonyl (C=O) groups excluding carboxylic acids is 1. The van der Waals surface area contributed by atoms with Crippen LogP contribution in [0.15, 0.2) is 36.4 Å². The molecule has 0 bridgehead atoms. The summed E-state index contributed by atoms with van der Waals surface area (Å²) in [7, 11) is 0. The van der Waals surface area contributed by atoms with Gasteiger partial charge in [0.15, 0.2) is 5.82 Å². The highest BCUT2D eigenvalue weighted by Crippen LogP contribution is 2.34. The van der Waals surface area contributed by atoms with Gasteiger partial charge in [-0.05, 0) is 45.9 Å². The Balaban J connectivity index is 1.38. The van der Waals surface area contributed by atoms with Crippen LogP contribution in [0.25, 0.3) is 11.3 Å². The van der Waals surface area contributed by atoms with Gasteiger partial charge < -0.3 is 14.5 Å². The van der Waals surface area contributed by atoms with Crippen molar-refractivity contribution in [3.8, 4) is 11.3 Å². The molecule has 0 aliphatic carbocycles. The molecule has 2 saturated heterocycles. The van der Waals surface area contributed by atoms with E-state index >= 15 is 0 Å². The molecule has 1 amide bonds. The number of carbonyl (C=O) groups is 1. The summed E-state index contributed by atoms with van der Waals surface area (Å²) in [5, 5.41) is 8.90. The standard InChI is InChI=1S/C22H28N4O2/c1-15-6-5-7-16(10-15)19-8-9-20(24-23-19)25-11-17-13-26(14-18(17)12-25)21(27)28-22(2,3)4/h5-10,17-18H,11-14H2,1-4H3/t17-,18+. The first-order valence-electron chi connectivity index (χ1n) is 9.92. The number of aryl methyl sites for hydroxylation is 1. The topological polar surface area (TPSA) is 58.6 Å². The van der Waals surface area contributed by atoms with Gasteiger partial charge in [0.25, 0.3) is 0 Å². The van der Waals surface area contributed by atoms with E-state index in [4.69, 9.17) is 4.74 Å². The predicted octanol–water partition coefficient (Wildman–Crippen LogP) is 3.76. The Morgan fingerprint density at radius 2 is 1.75 bits per heavy atom. The lowest BCUT2D eigenvalue weighted by Crippen LogP contribution is -2.37. The molecule has 2 aromatic rings. The molecule has 0 N–H and O–H groups in total. The molecule has 2 aliphatic heterocycles. The number of aromatic nitrogens is 2. The van der Waals surface area contributed by atoms with E-state index < -0.39 is 5.60 Å². The van der Waals surface area contributed by atoms with E-state index in [9.17, 15) is 4.79 Å². The van der Waals surface area contributed by atoms with Crippen molar-refractivity contribution in [3.63, 3.8) is 0 Å². The minimum absolute atomic E-state index is 0.198. The van der Waals surface area contributed by atoms with Crippen LogP contribution in [0.3, 0.4) is 0 Å². The number of benzene rings is 1. The summed E-state index contributed by atoms with van der Waals surface area (Å²) >= 11 is 0. The van der Waals surface area contributed by atoms with Gasteiger partial charge in [0.2, 0.25) is 0 Å². The fraction of sp³-hybridized carbons (Fsp3) is 0.500. The van der Waals surface area contributed by atoms with Crippen LogP contribution >= 0.6 is 0 Å². The minimum Gasteiger partial charge on any atom is -0.444 e. The van der Waals surface area contributed by atoms with Crippen LogP contribution in [0.2, 0.25) is 0 Å². The number of ether oxygens (including phenoxy) is 1. The summed E-state index contributed by atoms with van der Waals surface area (Å²) < 4.78 is 5.51. The molecule has 2 aliphatic rings. The normalized spacial score (nSPS) is 21.7. The van der Waals surface area contributed by atoms with Gasteiger partial charge >= 0.3 is 6.09 Å². The molecule has 6 nitrogen and oxygen atoms in total. The monoisotopic (exact) mass is 380 g/mol. The van der Waals surface area contributed by atoms with Crippen LogP contribution in [-0.4, -0.2) is 53.0 Å². The number of likely N-dealkylation sites (tertiary alicyclic amines) is 1. The molecular weight excluding hydrogens is 352 g/mol. The zero-order valence-corrected chi connectivity index (χ0v) is 17.1. The Morgan fingerprint density at radius 1 is 1.04 bits per heavy atom. The predicted molar refractivity (Wildman–Crippen MR) is 109 cm³/mol. The van der Waals surface area contributed by atoms with Crippen molar-refractivity contribution in [1.82, 2.24) is 15.1 Å². The highest BCUT2D eigenvalue weighted by molar-refractivity contribution is 5.68. The smallest absolute Gasteiger partial charge is 0.410 e. The SMILES string of the molecule is Cc1cccc(-c2ccc(N3C[C@H]4CN(C(=O)OC(C)(C)C)C[C@H]4C3)nn2)c1. The van der Waals surface area contributed by atoms with E-state index in [1.54, 1.807) is 0 Å². The van der Waals surface area contributed by atoms with Crippen LogP contribution in [0, 0.1) is 18.8 Å². The molecule has 3 heterocycles. The van der Waals surface area contributed by atoms with Crippen molar-refractivity contribution in [2.24, 2.45) is 11.8 Å². The second-order valence-electron chi connectivity index (χ2n) is 8.96. The molecule has 6 heteroatoms. The van der Waals surface area contributed by atoms with Crippen LogP contribution < -0.4 is 4.90 Å². The third kappa shape index (κ3) is 3.96. The lowest BCUT2D eigenvalue weighted by molar-refractivity contribution is 0.0282. The number of fused-ring (bicyclic) bond motifs is 1. The number of hydrogen-bond donors (Lipinski definition) is 0. The molecule has 28 heavy (non-hydrogen) atoms. The molecule has 2 fully saturated rings. The summed E-state index contributed by atoms with van der Waals surface area (Å²) in [6.07, 6.45) is -0.198. The Labute approximate surface area is 166 Å². The van der Waals surface area contributed by atoms with Gasteiger partial charge in [0.1, 0.15) is 5.60 Å². The molecule has 1 aromatic heterocycles. The molecule has 0 spiro atoms. The first kappa shape index (κ1) is 18.7. The minimum atomic E-state index is -0.449. The van der Waals surface area contributed by atoms with Crippen molar-refractivity contribution in [1.29, 1.82) is 0 Å². The van der Waals surface area contributed by atoms with Gasteiger partial charge in [0.05, 0.1) is 5.69 Å². The molecular formula is C22H28N4O2. The van der Waals surface area contributed by atoms with Crippen LogP contribution in [0.4, 0.5) is 10.6 Å². The summed E-state index contributed by atoms with van der Waals surface area (Å²) in [4.78, 5) is 16.4. The highest BCUT2D eigenvalue weighted by Gasteiger charge is 2.43. The molecule has 0 unspecified atom stereocenters. The van der Waals surface area contributed by atoms with Gasteiger partial charge in [-0.3, -0.25) is 0 Å². The van der Waals surface area contributed by atoms with Gasteiger partial charge in [-0.1, -0.05) is 23.8 Å². The van der Waals surface area contributed by atoms with Gasteiger partial charge in [-0.2, -0.15) is 0 Å². The lowest BCUT2D eigenvalue weighted by atomic mass is 10.0. The average Bonchev–Trinajstić information content (AvgIpc) is 3.19. The quantitative estimate of drug-likeness (QED) is 0.794. The number of amides is 1. The zero-order valence-electron chi connectivity index (χ0n) is 17.1. The van der Waals surface area contributed by atoms with E-state index in [1.807, 2.05) is 37.8 Å². The lowest BCUT2D eigenvalue weighted by Gasteiger charge is -2.26. The number of nitrogens with zero attached hydrogens (tertiary/aromatic N) is 4. The molecule has 4 rings (SSSR count). The van der Waals surface area contributed by atoms with Gasteiger partial charge in [0, 0.05) is 43.6 Å². The van der Waals surface area contributed by atoms with E-state index in [-0.39, 0.29) is 6.09 Å². The number of rotatable bonds is 2. The van der Waals surface area contributed by atoms with E-state index in [0.717, 1.165) is 43.3 Å². The molecule has 148 valence electrons. The first-order chi connectivity index (χ1) is 13.3. The number of hydrogen-bond acceptors (Lipinski definition) is 5. The first-order valence-corrected chi connectivity index (χ1v) is 9.92. The molecule has 2 atom stereocenters. The summed E-state index contributed by atoms with van der Waals surface area (Å²) in [5.74, 6) is 1.84. The Kier molecular flexibility index (Phi) is 4.73. The Hall–Kier alpha value is -2.63. The van der Waals surface area contributed by atoms with Crippen LogP contribution in [0.1, 0.15) is 26.3 Å². The largest absolute Gasteiger partial charge is 0.444 e. The van der Waals surface area contributed by atoms with Gasteiger partial charge in [-0.15, -0.1) is 10.2 Å². The van der Waals surface area contributed by atoms with Crippen LogP contribution in [-0.2, 0) is 4.74 Å². The van der Waals surface area contributed by atoms with E-state index in [1.165, 1.54) is 5.56 Å². The molecule has 1 aromatic carbocycles. The maximum Gasteiger partial charge on any atom is 0.410 e. The summed E-state index contributed by atoms with van der Waals surface area (Å²) in [5.41, 5.74) is 2.74. The van der Waals surface area contributed by atoms with Crippen molar-refractivity contribution in [2.45, 2.75) is 33.3 Å². The van der Waals surface area contributed by atoms with E-state index in [0.29, 0.717) is 11.8 Å².